The Morgan fingerprint density at radius 2 is 1.85 bits per heavy atom. The molecular formula is C28H39N3O2. The van der Waals surface area contributed by atoms with E-state index in [4.69, 9.17) is 6.57 Å². The first-order valence-corrected chi connectivity index (χ1v) is 13.4. The van der Waals surface area contributed by atoms with Crippen LogP contribution in [0.15, 0.2) is 12.4 Å². The van der Waals surface area contributed by atoms with E-state index in [1.807, 2.05) is 6.92 Å². The molecule has 6 rings (SSSR count). The Hall–Kier alpha value is -1.67. The number of aromatic nitrogens is 2. The molecule has 1 unspecified atom stereocenters. The van der Waals surface area contributed by atoms with Crippen LogP contribution in [0.2, 0.25) is 0 Å². The minimum absolute atomic E-state index is 0.119. The lowest BCUT2D eigenvalue weighted by Crippen LogP contribution is -2.52. The van der Waals surface area contributed by atoms with E-state index in [-0.39, 0.29) is 11.3 Å². The van der Waals surface area contributed by atoms with Gasteiger partial charge in [-0.25, -0.2) is 4.85 Å². The Morgan fingerprint density at radius 1 is 1.09 bits per heavy atom. The monoisotopic (exact) mass is 449 g/mol. The predicted molar refractivity (Wildman–Crippen MR) is 126 cm³/mol. The Kier molecular flexibility index (Phi) is 5.07. The second kappa shape index (κ2) is 7.67. The van der Waals surface area contributed by atoms with Gasteiger partial charge in [0, 0.05) is 12.1 Å². The van der Waals surface area contributed by atoms with Crippen LogP contribution >= 0.6 is 0 Å². The number of carbonyl (C=O) groups is 1. The van der Waals surface area contributed by atoms with Crippen LogP contribution in [0.1, 0.15) is 78.1 Å². The van der Waals surface area contributed by atoms with Gasteiger partial charge in [-0.15, -0.1) is 0 Å². The second-order valence-corrected chi connectivity index (χ2v) is 12.9. The van der Waals surface area contributed by atoms with Crippen LogP contribution in [0.3, 0.4) is 0 Å². The number of Topliss-reactive ketones (excluding diaryl/α,β-unsaturated/α-hetero) is 1. The van der Waals surface area contributed by atoms with Crippen LogP contribution in [0.25, 0.3) is 4.85 Å². The molecule has 178 valence electrons. The van der Waals surface area contributed by atoms with E-state index in [1.54, 1.807) is 17.1 Å². The molecule has 5 aliphatic rings. The Labute approximate surface area is 198 Å². The zero-order chi connectivity index (χ0) is 23.0. The van der Waals surface area contributed by atoms with E-state index in [1.165, 1.54) is 44.9 Å². The van der Waals surface area contributed by atoms with Gasteiger partial charge in [0.15, 0.2) is 5.78 Å². The van der Waals surface area contributed by atoms with Gasteiger partial charge in [0.05, 0.1) is 24.9 Å². The van der Waals surface area contributed by atoms with Crippen molar-refractivity contribution in [1.29, 1.82) is 0 Å². The third-order valence-corrected chi connectivity index (χ3v) is 11.0. The molecule has 5 aliphatic carbocycles. The molecule has 1 aromatic heterocycles. The molecule has 0 amide bonds. The number of nitrogens with zero attached hydrogens (tertiary/aromatic N) is 3. The highest BCUT2D eigenvalue weighted by atomic mass is 16.3. The molecular weight excluding hydrogens is 410 g/mol. The molecule has 1 heterocycles. The van der Waals surface area contributed by atoms with Gasteiger partial charge in [0.2, 0.25) is 5.69 Å². The molecule has 1 aromatic rings. The molecule has 33 heavy (non-hydrogen) atoms. The normalized spacial score (nSPS) is 46.7. The smallest absolute Gasteiger partial charge is 0.224 e. The van der Waals surface area contributed by atoms with Crippen LogP contribution < -0.4 is 0 Å². The van der Waals surface area contributed by atoms with Crippen molar-refractivity contribution in [2.24, 2.45) is 52.8 Å². The Balaban J connectivity index is 1.25. The SMILES string of the molecule is [C-]#[N+]c1cnn(CC(=O)C2C[C@@H](C3CC3)[C@H]3[C@@H]4CC[C@@H]5C[C@](C)(O)CC[C@@H]5[C@H]4CC[C@]23C)c1. The van der Waals surface area contributed by atoms with E-state index in [2.05, 4.69) is 16.9 Å². The number of hydrogen-bond acceptors (Lipinski definition) is 3. The van der Waals surface area contributed by atoms with Gasteiger partial charge >= 0.3 is 0 Å². The molecule has 0 aromatic carbocycles. The maximum Gasteiger partial charge on any atom is 0.224 e. The number of ketones is 1. The fraction of sp³-hybridized carbons (Fsp3) is 0.821. The second-order valence-electron chi connectivity index (χ2n) is 12.9. The summed E-state index contributed by atoms with van der Waals surface area (Å²) in [5, 5.41) is 15.0. The summed E-state index contributed by atoms with van der Waals surface area (Å²) in [7, 11) is 0. The van der Waals surface area contributed by atoms with Crippen molar-refractivity contribution in [3.8, 4) is 0 Å². The van der Waals surface area contributed by atoms with Crippen molar-refractivity contribution >= 4 is 11.5 Å². The van der Waals surface area contributed by atoms with Gasteiger partial charge in [0.1, 0.15) is 0 Å². The average Bonchev–Trinajstić information content (AvgIpc) is 3.43. The van der Waals surface area contributed by atoms with Gasteiger partial charge in [-0.05, 0) is 118 Å². The minimum Gasteiger partial charge on any atom is -0.390 e. The zero-order valence-corrected chi connectivity index (χ0v) is 20.2. The molecule has 0 spiro atoms. The lowest BCUT2D eigenvalue weighted by atomic mass is 9.48. The van der Waals surface area contributed by atoms with Crippen LogP contribution in [0.5, 0.6) is 0 Å². The molecule has 0 aliphatic heterocycles. The fourth-order valence-electron chi connectivity index (χ4n) is 9.53. The quantitative estimate of drug-likeness (QED) is 0.604. The largest absolute Gasteiger partial charge is 0.390 e. The van der Waals surface area contributed by atoms with Gasteiger partial charge in [-0.3, -0.25) is 9.48 Å². The number of carbonyl (C=O) groups excluding carboxylic acids is 1. The zero-order valence-electron chi connectivity index (χ0n) is 20.2. The van der Waals surface area contributed by atoms with Gasteiger partial charge in [0.25, 0.3) is 0 Å². The number of fused-ring (bicyclic) bond motifs is 5. The summed E-state index contributed by atoms with van der Waals surface area (Å²) in [6, 6.07) is 0. The molecule has 5 fully saturated rings. The number of rotatable bonds is 4. The van der Waals surface area contributed by atoms with Crippen LogP contribution in [0, 0.1) is 59.3 Å². The van der Waals surface area contributed by atoms with E-state index in [0.29, 0.717) is 29.9 Å². The van der Waals surface area contributed by atoms with Crippen molar-refractivity contribution in [3.63, 3.8) is 0 Å². The highest BCUT2D eigenvalue weighted by molar-refractivity contribution is 5.82. The summed E-state index contributed by atoms with van der Waals surface area (Å²) in [6.45, 7) is 12.0. The van der Waals surface area contributed by atoms with E-state index < -0.39 is 5.60 Å². The van der Waals surface area contributed by atoms with Crippen molar-refractivity contribution in [2.45, 2.75) is 90.2 Å². The van der Waals surface area contributed by atoms with E-state index in [0.717, 1.165) is 48.9 Å². The molecule has 0 bridgehead atoms. The first-order valence-electron chi connectivity index (χ1n) is 13.4. The average molecular weight is 450 g/mol. The molecule has 5 nitrogen and oxygen atoms in total. The first-order chi connectivity index (χ1) is 15.8. The maximum atomic E-state index is 13.7. The van der Waals surface area contributed by atoms with Crippen LogP contribution in [-0.2, 0) is 11.3 Å². The third-order valence-electron chi connectivity index (χ3n) is 11.0. The number of aliphatic hydroxyl groups is 1. The molecule has 5 heteroatoms. The summed E-state index contributed by atoms with van der Waals surface area (Å²) in [4.78, 5) is 17.1. The number of hydrogen-bond donors (Lipinski definition) is 1. The van der Waals surface area contributed by atoms with Gasteiger partial charge in [-0.1, -0.05) is 6.92 Å². The molecule has 1 N–H and O–H groups in total. The lowest BCUT2D eigenvalue weighted by Gasteiger charge is -2.57. The summed E-state index contributed by atoms with van der Waals surface area (Å²) in [5.74, 6) is 5.80. The highest BCUT2D eigenvalue weighted by Gasteiger charge is 2.63. The third kappa shape index (κ3) is 3.59. The van der Waals surface area contributed by atoms with Gasteiger partial charge in [-0.2, -0.15) is 5.10 Å². The summed E-state index contributed by atoms with van der Waals surface area (Å²) < 4.78 is 1.68. The predicted octanol–water partition coefficient (Wildman–Crippen LogP) is 5.66. The van der Waals surface area contributed by atoms with Crippen LogP contribution in [-0.4, -0.2) is 26.3 Å². The van der Waals surface area contributed by atoms with Crippen molar-refractivity contribution in [3.05, 3.63) is 23.8 Å². The molecule has 5 saturated carbocycles. The Bertz CT molecular complexity index is 972. The fourth-order valence-corrected chi connectivity index (χ4v) is 9.53. The van der Waals surface area contributed by atoms with E-state index >= 15 is 0 Å². The standard InChI is InChI=1S/C28H39N3O2/c1-27(33)10-8-20-18(13-27)6-7-22-21(20)9-11-28(2)24(12-23(26(22)28)17-4-5-17)25(32)16-31-15-19(29-3)14-30-31/h14-15,17-18,20-24,26,33H,4-13,16H2,1-2H3/t18-,20+,21-,22-,23+,24?,26-,27-,28-/m1/s1. The summed E-state index contributed by atoms with van der Waals surface area (Å²) in [5.41, 5.74) is 0.171. The van der Waals surface area contributed by atoms with Crippen molar-refractivity contribution < 1.29 is 9.90 Å². The summed E-state index contributed by atoms with van der Waals surface area (Å²) >= 11 is 0. The topological polar surface area (TPSA) is 59.5 Å². The highest BCUT2D eigenvalue weighted by Crippen LogP contribution is 2.69. The van der Waals surface area contributed by atoms with Crippen LogP contribution in [0.4, 0.5) is 5.69 Å². The Morgan fingerprint density at radius 3 is 2.58 bits per heavy atom. The molecule has 0 radical (unpaired) electrons. The van der Waals surface area contributed by atoms with Gasteiger partial charge < -0.3 is 5.11 Å². The molecule has 0 saturated heterocycles. The van der Waals surface area contributed by atoms with Crippen molar-refractivity contribution in [2.75, 3.05) is 0 Å². The molecule has 9 atom stereocenters. The maximum absolute atomic E-state index is 13.7. The van der Waals surface area contributed by atoms with Crippen molar-refractivity contribution in [1.82, 2.24) is 9.78 Å². The first kappa shape index (κ1) is 21.8. The lowest BCUT2D eigenvalue weighted by molar-refractivity contribution is -0.134. The van der Waals surface area contributed by atoms with E-state index in [9.17, 15) is 9.90 Å². The summed E-state index contributed by atoms with van der Waals surface area (Å²) in [6.07, 6.45) is 15.3. The minimum atomic E-state index is -0.460.